The van der Waals surface area contributed by atoms with Crippen molar-refractivity contribution in [3.05, 3.63) is 66.0 Å². The van der Waals surface area contributed by atoms with Crippen molar-refractivity contribution < 1.29 is 5.11 Å². The third-order valence-electron chi connectivity index (χ3n) is 3.16. The minimum Gasteiger partial charge on any atom is -0.391 e. The van der Waals surface area contributed by atoms with Gasteiger partial charge in [-0.15, -0.1) is 0 Å². The van der Waals surface area contributed by atoms with Crippen LogP contribution in [0, 0.1) is 0 Å². The monoisotopic (exact) mass is 256 g/mol. The molecular formula is C16H20N2O. The number of benzene rings is 1. The van der Waals surface area contributed by atoms with Gasteiger partial charge in [-0.1, -0.05) is 36.4 Å². The van der Waals surface area contributed by atoms with E-state index in [-0.39, 0.29) is 12.1 Å². The van der Waals surface area contributed by atoms with Crippen LogP contribution in [-0.4, -0.2) is 22.7 Å². The van der Waals surface area contributed by atoms with E-state index in [9.17, 15) is 5.11 Å². The second-order valence-corrected chi connectivity index (χ2v) is 4.76. The van der Waals surface area contributed by atoms with Gasteiger partial charge in [-0.05, 0) is 30.5 Å². The van der Waals surface area contributed by atoms with Gasteiger partial charge in [0.25, 0.3) is 0 Å². The fourth-order valence-electron chi connectivity index (χ4n) is 2.02. The lowest BCUT2D eigenvalue weighted by molar-refractivity contribution is 0.168. The van der Waals surface area contributed by atoms with Gasteiger partial charge in [0.1, 0.15) is 0 Å². The summed E-state index contributed by atoms with van der Waals surface area (Å²) >= 11 is 0. The van der Waals surface area contributed by atoms with Crippen LogP contribution in [0.15, 0.2) is 54.9 Å². The normalized spacial score (nSPS) is 14.0. The molecule has 0 amide bonds. The Bertz CT molecular complexity index is 473. The zero-order chi connectivity index (χ0) is 13.5. The van der Waals surface area contributed by atoms with Crippen molar-refractivity contribution in [2.24, 2.45) is 0 Å². The summed E-state index contributed by atoms with van der Waals surface area (Å²) in [6.07, 6.45) is 3.91. The van der Waals surface area contributed by atoms with E-state index >= 15 is 0 Å². The fourth-order valence-corrected chi connectivity index (χ4v) is 2.02. The molecule has 1 aromatic heterocycles. The number of hydrogen-bond donors (Lipinski definition) is 2. The SMILES string of the molecule is CC(NCC(O)Cc1ccccc1)c1cccnc1. The predicted octanol–water partition coefficient (Wildman–Crippen LogP) is 2.34. The maximum Gasteiger partial charge on any atom is 0.0705 e. The van der Waals surface area contributed by atoms with E-state index in [4.69, 9.17) is 0 Å². The summed E-state index contributed by atoms with van der Waals surface area (Å²) in [5.41, 5.74) is 2.29. The maximum atomic E-state index is 10.0. The molecule has 0 saturated carbocycles. The zero-order valence-corrected chi connectivity index (χ0v) is 11.2. The van der Waals surface area contributed by atoms with Crippen LogP contribution in [0.1, 0.15) is 24.1 Å². The highest BCUT2D eigenvalue weighted by Crippen LogP contribution is 2.10. The standard InChI is InChI=1S/C16H20N2O/c1-13(15-8-5-9-17-11-15)18-12-16(19)10-14-6-3-2-4-7-14/h2-9,11,13,16,18-19H,10,12H2,1H3. The molecular weight excluding hydrogens is 236 g/mol. The molecule has 0 spiro atoms. The van der Waals surface area contributed by atoms with Crippen LogP contribution < -0.4 is 5.32 Å². The first-order chi connectivity index (χ1) is 9.25. The Morgan fingerprint density at radius 2 is 1.95 bits per heavy atom. The van der Waals surface area contributed by atoms with Gasteiger partial charge >= 0.3 is 0 Å². The van der Waals surface area contributed by atoms with E-state index < -0.39 is 0 Å². The number of pyridine rings is 1. The van der Waals surface area contributed by atoms with Crippen molar-refractivity contribution in [1.82, 2.24) is 10.3 Å². The van der Waals surface area contributed by atoms with Crippen LogP contribution in [0.25, 0.3) is 0 Å². The summed E-state index contributed by atoms with van der Waals surface area (Å²) in [5, 5.41) is 13.3. The Morgan fingerprint density at radius 3 is 2.63 bits per heavy atom. The summed E-state index contributed by atoms with van der Waals surface area (Å²) < 4.78 is 0. The molecule has 0 fully saturated rings. The smallest absolute Gasteiger partial charge is 0.0705 e. The first-order valence-electron chi connectivity index (χ1n) is 6.61. The topological polar surface area (TPSA) is 45.1 Å². The van der Waals surface area contributed by atoms with E-state index in [1.165, 1.54) is 0 Å². The zero-order valence-electron chi connectivity index (χ0n) is 11.2. The minimum absolute atomic E-state index is 0.194. The van der Waals surface area contributed by atoms with Crippen LogP contribution in [-0.2, 0) is 6.42 Å². The van der Waals surface area contributed by atoms with Crippen LogP contribution in [0.3, 0.4) is 0 Å². The quantitative estimate of drug-likeness (QED) is 0.834. The molecule has 0 radical (unpaired) electrons. The maximum absolute atomic E-state index is 10.0. The van der Waals surface area contributed by atoms with Gasteiger partial charge in [0, 0.05) is 25.0 Å². The van der Waals surface area contributed by atoms with Crippen molar-refractivity contribution >= 4 is 0 Å². The lowest BCUT2D eigenvalue weighted by Gasteiger charge is -2.17. The van der Waals surface area contributed by atoms with Crippen molar-refractivity contribution in [2.45, 2.75) is 25.5 Å². The molecule has 2 unspecified atom stereocenters. The summed E-state index contributed by atoms with van der Waals surface area (Å²) in [6.45, 7) is 2.65. The molecule has 3 nitrogen and oxygen atoms in total. The van der Waals surface area contributed by atoms with Crippen LogP contribution in [0.2, 0.25) is 0 Å². The molecule has 19 heavy (non-hydrogen) atoms. The van der Waals surface area contributed by atoms with E-state index in [0.717, 1.165) is 11.1 Å². The summed E-state index contributed by atoms with van der Waals surface area (Å²) in [5.74, 6) is 0. The first-order valence-corrected chi connectivity index (χ1v) is 6.61. The second-order valence-electron chi connectivity index (χ2n) is 4.76. The van der Waals surface area contributed by atoms with Crippen LogP contribution in [0.5, 0.6) is 0 Å². The van der Waals surface area contributed by atoms with Gasteiger partial charge < -0.3 is 10.4 Å². The molecule has 1 aromatic carbocycles. The van der Waals surface area contributed by atoms with E-state index in [1.807, 2.05) is 48.7 Å². The molecule has 2 atom stereocenters. The highest BCUT2D eigenvalue weighted by Gasteiger charge is 2.09. The van der Waals surface area contributed by atoms with E-state index in [0.29, 0.717) is 13.0 Å². The molecule has 100 valence electrons. The van der Waals surface area contributed by atoms with Crippen molar-refractivity contribution in [1.29, 1.82) is 0 Å². The predicted molar refractivity (Wildman–Crippen MR) is 76.8 cm³/mol. The number of nitrogens with zero attached hydrogens (tertiary/aromatic N) is 1. The third-order valence-corrected chi connectivity index (χ3v) is 3.16. The molecule has 0 aliphatic carbocycles. The molecule has 0 bridgehead atoms. The minimum atomic E-state index is -0.374. The molecule has 0 aliphatic heterocycles. The van der Waals surface area contributed by atoms with Crippen molar-refractivity contribution in [3.8, 4) is 0 Å². The molecule has 0 aliphatic rings. The van der Waals surface area contributed by atoms with Gasteiger partial charge in [-0.2, -0.15) is 0 Å². The third kappa shape index (κ3) is 4.47. The number of aliphatic hydroxyl groups is 1. The number of rotatable bonds is 6. The lowest BCUT2D eigenvalue weighted by Crippen LogP contribution is -2.30. The summed E-state index contributed by atoms with van der Waals surface area (Å²) in [6, 6.07) is 14.2. The molecule has 2 rings (SSSR count). The average molecular weight is 256 g/mol. The number of aromatic nitrogens is 1. The highest BCUT2D eigenvalue weighted by molar-refractivity contribution is 5.16. The van der Waals surface area contributed by atoms with Gasteiger partial charge in [0.05, 0.1) is 6.10 Å². The molecule has 0 saturated heterocycles. The summed E-state index contributed by atoms with van der Waals surface area (Å²) in [4.78, 5) is 4.10. The van der Waals surface area contributed by atoms with E-state index in [1.54, 1.807) is 6.20 Å². The molecule has 1 heterocycles. The molecule has 3 heteroatoms. The number of aliphatic hydroxyl groups excluding tert-OH is 1. The van der Waals surface area contributed by atoms with Gasteiger partial charge in [0.15, 0.2) is 0 Å². The number of hydrogen-bond acceptors (Lipinski definition) is 3. The van der Waals surface area contributed by atoms with E-state index in [2.05, 4.69) is 17.2 Å². The summed E-state index contributed by atoms with van der Waals surface area (Å²) in [7, 11) is 0. The average Bonchev–Trinajstić information content (AvgIpc) is 2.47. The van der Waals surface area contributed by atoms with Gasteiger partial charge in [-0.25, -0.2) is 0 Å². The Morgan fingerprint density at radius 1 is 1.16 bits per heavy atom. The second kappa shape index (κ2) is 7.02. The Hall–Kier alpha value is -1.71. The highest BCUT2D eigenvalue weighted by atomic mass is 16.3. The first kappa shape index (κ1) is 13.7. The van der Waals surface area contributed by atoms with Crippen molar-refractivity contribution in [3.63, 3.8) is 0 Å². The van der Waals surface area contributed by atoms with Crippen LogP contribution >= 0.6 is 0 Å². The Balaban J connectivity index is 1.79. The Kier molecular flexibility index (Phi) is 5.07. The van der Waals surface area contributed by atoms with Crippen molar-refractivity contribution in [2.75, 3.05) is 6.54 Å². The number of nitrogens with one attached hydrogen (secondary N) is 1. The fraction of sp³-hybridized carbons (Fsp3) is 0.312. The molecule has 2 aromatic rings. The Labute approximate surface area is 114 Å². The van der Waals surface area contributed by atoms with Gasteiger partial charge in [-0.3, -0.25) is 4.98 Å². The van der Waals surface area contributed by atoms with Gasteiger partial charge in [0.2, 0.25) is 0 Å². The lowest BCUT2D eigenvalue weighted by atomic mass is 10.1. The van der Waals surface area contributed by atoms with Crippen LogP contribution in [0.4, 0.5) is 0 Å². The molecule has 2 N–H and O–H groups in total. The largest absolute Gasteiger partial charge is 0.391 e.